The summed E-state index contributed by atoms with van der Waals surface area (Å²) in [6.45, 7) is 1.95. The molecule has 0 aliphatic rings. The number of nitrogens with one attached hydrogen (secondary N) is 3. The van der Waals surface area contributed by atoms with Gasteiger partial charge in [0.25, 0.3) is 0 Å². The predicted octanol–water partition coefficient (Wildman–Crippen LogP) is 2.92. The normalized spacial score (nSPS) is 11.1. The van der Waals surface area contributed by atoms with Crippen molar-refractivity contribution in [3.05, 3.63) is 35.0 Å². The molecule has 0 aliphatic carbocycles. The van der Waals surface area contributed by atoms with E-state index in [-0.39, 0.29) is 0 Å². The van der Waals surface area contributed by atoms with Crippen LogP contribution >= 0.6 is 12.2 Å². The standard InChI is InChI=1S/C11H10N4S/c1-6-13-8-3-2-7(4-9(8)14-6)10-5-12-11(16)15-10/h2-5H,1H3,(H,13,14)(H2,12,15,16). The van der Waals surface area contributed by atoms with Crippen LogP contribution in [0.15, 0.2) is 24.4 Å². The van der Waals surface area contributed by atoms with Gasteiger partial charge in [0.05, 0.1) is 16.7 Å². The van der Waals surface area contributed by atoms with Crippen LogP contribution in [0.5, 0.6) is 0 Å². The molecule has 2 aromatic heterocycles. The average molecular weight is 230 g/mol. The maximum absolute atomic E-state index is 5.00. The molecular formula is C11H10N4S. The second-order valence-corrected chi connectivity index (χ2v) is 4.12. The first kappa shape index (κ1) is 9.35. The van der Waals surface area contributed by atoms with Crippen molar-refractivity contribution < 1.29 is 0 Å². The van der Waals surface area contributed by atoms with Crippen LogP contribution < -0.4 is 0 Å². The first-order chi connectivity index (χ1) is 7.72. The Kier molecular flexibility index (Phi) is 1.94. The Morgan fingerprint density at radius 3 is 2.88 bits per heavy atom. The summed E-state index contributed by atoms with van der Waals surface area (Å²) in [5.74, 6) is 0.925. The monoisotopic (exact) mass is 230 g/mol. The van der Waals surface area contributed by atoms with Crippen LogP contribution in [0.2, 0.25) is 0 Å². The molecule has 0 atom stereocenters. The Morgan fingerprint density at radius 1 is 1.25 bits per heavy atom. The quantitative estimate of drug-likeness (QED) is 0.563. The smallest absolute Gasteiger partial charge is 0.174 e. The van der Waals surface area contributed by atoms with Crippen LogP contribution in [0.3, 0.4) is 0 Å². The highest BCUT2D eigenvalue weighted by molar-refractivity contribution is 7.71. The Labute approximate surface area is 96.8 Å². The van der Waals surface area contributed by atoms with E-state index >= 15 is 0 Å². The summed E-state index contributed by atoms with van der Waals surface area (Å²) in [6.07, 6.45) is 1.87. The zero-order valence-electron chi connectivity index (χ0n) is 8.66. The van der Waals surface area contributed by atoms with Gasteiger partial charge >= 0.3 is 0 Å². The first-order valence-electron chi connectivity index (χ1n) is 4.97. The highest BCUT2D eigenvalue weighted by Gasteiger charge is 2.03. The van der Waals surface area contributed by atoms with Crippen molar-refractivity contribution in [2.75, 3.05) is 0 Å². The molecule has 3 rings (SSSR count). The lowest BCUT2D eigenvalue weighted by Gasteiger charge is -1.96. The molecule has 0 radical (unpaired) electrons. The van der Waals surface area contributed by atoms with Crippen LogP contribution in [-0.2, 0) is 0 Å². The number of nitrogens with zero attached hydrogens (tertiary/aromatic N) is 1. The number of hydrogen-bond acceptors (Lipinski definition) is 2. The summed E-state index contributed by atoms with van der Waals surface area (Å²) in [5.41, 5.74) is 4.09. The molecule has 0 spiro atoms. The SMILES string of the molecule is Cc1nc2ccc(-c3c[nH]c(=S)[nH]3)cc2[nH]1. The molecule has 2 heterocycles. The summed E-state index contributed by atoms with van der Waals surface area (Å²) < 4.78 is 0.635. The summed E-state index contributed by atoms with van der Waals surface area (Å²) in [5, 5.41) is 0. The van der Waals surface area contributed by atoms with E-state index in [2.05, 4.69) is 26.0 Å². The molecule has 0 saturated heterocycles. The molecule has 0 fully saturated rings. The Hall–Kier alpha value is -1.88. The number of benzene rings is 1. The van der Waals surface area contributed by atoms with Gasteiger partial charge in [0, 0.05) is 11.8 Å². The van der Waals surface area contributed by atoms with Gasteiger partial charge in [-0.25, -0.2) is 4.98 Å². The van der Waals surface area contributed by atoms with E-state index in [9.17, 15) is 0 Å². The number of fused-ring (bicyclic) bond motifs is 1. The fourth-order valence-corrected chi connectivity index (χ4v) is 1.96. The third-order valence-electron chi connectivity index (χ3n) is 2.51. The van der Waals surface area contributed by atoms with Gasteiger partial charge in [-0.3, -0.25) is 0 Å². The van der Waals surface area contributed by atoms with E-state index < -0.39 is 0 Å². The molecule has 1 aromatic carbocycles. The van der Waals surface area contributed by atoms with E-state index in [1.165, 1.54) is 0 Å². The molecule has 5 heteroatoms. The minimum absolute atomic E-state index is 0.635. The van der Waals surface area contributed by atoms with Gasteiger partial charge < -0.3 is 15.0 Å². The molecule has 0 bridgehead atoms. The van der Waals surface area contributed by atoms with Gasteiger partial charge in [-0.1, -0.05) is 6.07 Å². The Balaban J connectivity index is 2.21. The van der Waals surface area contributed by atoms with Crippen molar-refractivity contribution in [1.29, 1.82) is 0 Å². The molecule has 0 amide bonds. The van der Waals surface area contributed by atoms with E-state index in [0.29, 0.717) is 4.77 Å². The molecule has 16 heavy (non-hydrogen) atoms. The Bertz CT molecular complexity index is 704. The minimum atomic E-state index is 0.635. The summed E-state index contributed by atoms with van der Waals surface area (Å²) in [7, 11) is 0. The predicted molar refractivity (Wildman–Crippen MR) is 65.8 cm³/mol. The van der Waals surface area contributed by atoms with Crippen molar-refractivity contribution in [1.82, 2.24) is 19.9 Å². The second-order valence-electron chi connectivity index (χ2n) is 3.71. The van der Waals surface area contributed by atoms with Gasteiger partial charge in [0.2, 0.25) is 0 Å². The number of H-pyrrole nitrogens is 3. The lowest BCUT2D eigenvalue weighted by molar-refractivity contribution is 1.17. The van der Waals surface area contributed by atoms with E-state index in [0.717, 1.165) is 28.1 Å². The molecule has 3 aromatic rings. The molecule has 0 saturated carbocycles. The van der Waals surface area contributed by atoms with Crippen molar-refractivity contribution >= 4 is 23.3 Å². The maximum atomic E-state index is 5.00. The second kappa shape index (κ2) is 3.31. The first-order valence-corrected chi connectivity index (χ1v) is 5.37. The molecule has 4 nitrogen and oxygen atoms in total. The van der Waals surface area contributed by atoms with Crippen molar-refractivity contribution in [3.8, 4) is 11.3 Å². The van der Waals surface area contributed by atoms with Crippen molar-refractivity contribution in [2.45, 2.75) is 6.92 Å². The van der Waals surface area contributed by atoms with Crippen LogP contribution in [0.4, 0.5) is 0 Å². The lowest BCUT2D eigenvalue weighted by atomic mass is 10.1. The summed E-state index contributed by atoms with van der Waals surface area (Å²) >= 11 is 5.00. The third-order valence-corrected chi connectivity index (χ3v) is 2.73. The van der Waals surface area contributed by atoms with Crippen LogP contribution in [0.25, 0.3) is 22.3 Å². The van der Waals surface area contributed by atoms with E-state index in [1.54, 1.807) is 0 Å². The summed E-state index contributed by atoms with van der Waals surface area (Å²) in [6, 6.07) is 6.08. The molecule has 3 N–H and O–H groups in total. The zero-order chi connectivity index (χ0) is 11.1. The van der Waals surface area contributed by atoms with Gasteiger partial charge in [-0.2, -0.15) is 0 Å². The number of aromatic nitrogens is 4. The van der Waals surface area contributed by atoms with Gasteiger partial charge in [0.15, 0.2) is 4.77 Å². The zero-order valence-corrected chi connectivity index (χ0v) is 9.48. The number of aryl methyl sites for hydroxylation is 1. The van der Waals surface area contributed by atoms with Crippen molar-refractivity contribution in [2.24, 2.45) is 0 Å². The number of imidazole rings is 2. The fraction of sp³-hybridized carbons (Fsp3) is 0.0909. The van der Waals surface area contributed by atoms with Crippen LogP contribution in [-0.4, -0.2) is 19.9 Å². The topological polar surface area (TPSA) is 60.3 Å². The van der Waals surface area contributed by atoms with Gasteiger partial charge in [0.1, 0.15) is 5.82 Å². The van der Waals surface area contributed by atoms with Crippen LogP contribution in [0, 0.1) is 11.7 Å². The van der Waals surface area contributed by atoms with E-state index in [1.807, 2.05) is 25.3 Å². The number of hydrogen-bond donors (Lipinski definition) is 3. The third kappa shape index (κ3) is 1.45. The van der Waals surface area contributed by atoms with Gasteiger partial charge in [-0.05, 0) is 31.3 Å². The molecule has 0 unspecified atom stereocenters. The average Bonchev–Trinajstić information content (AvgIpc) is 2.81. The summed E-state index contributed by atoms with van der Waals surface area (Å²) in [4.78, 5) is 13.6. The maximum Gasteiger partial charge on any atom is 0.174 e. The highest BCUT2D eigenvalue weighted by Crippen LogP contribution is 2.21. The van der Waals surface area contributed by atoms with E-state index in [4.69, 9.17) is 12.2 Å². The molecule has 0 aliphatic heterocycles. The minimum Gasteiger partial charge on any atom is -0.342 e. The Morgan fingerprint density at radius 2 is 2.12 bits per heavy atom. The number of rotatable bonds is 1. The van der Waals surface area contributed by atoms with Crippen molar-refractivity contribution in [3.63, 3.8) is 0 Å². The highest BCUT2D eigenvalue weighted by atomic mass is 32.1. The fourth-order valence-electron chi connectivity index (χ4n) is 1.79. The van der Waals surface area contributed by atoms with Gasteiger partial charge in [-0.15, -0.1) is 0 Å². The molecular weight excluding hydrogens is 220 g/mol. The molecule has 80 valence electrons. The lowest BCUT2D eigenvalue weighted by Crippen LogP contribution is -1.77. The number of aromatic amines is 3. The van der Waals surface area contributed by atoms with Crippen LogP contribution in [0.1, 0.15) is 5.82 Å². The largest absolute Gasteiger partial charge is 0.342 e.